The second-order valence-corrected chi connectivity index (χ2v) is 19.5. The van der Waals surface area contributed by atoms with Gasteiger partial charge in [-0.3, -0.25) is 0 Å². The first-order chi connectivity index (χ1) is 40.0. The lowest BCUT2D eigenvalue weighted by Crippen LogP contribution is -2.09. The molecule has 0 unspecified atom stereocenters. The highest BCUT2D eigenvalue weighted by atomic mass is 15.2. The molecule has 81 heavy (non-hydrogen) atoms. The number of hydrogen-bond acceptors (Lipinski definition) is 5. The standard InChI is InChI=1S/C73H46N8/c1-75-57-30-36-61(37-31-57)79(59-19-11-5-12-20-59)64-40-43-71-67(46-64)68-47-65(80(60-21-13-6-14-22-60)62-38-32-58(76-2)33-39-62)41-44-72(68)81(71)63-34-27-50(28-35-63)55-29-42-66(56(45-55)49-74)51-23-25-53(26-24-51)70-48-69(52-15-7-3-8-16-52)77-73(78-70)54-17-9-4-10-18-54/h3-48H. The Bertz CT molecular complexity index is 4340. The molecule has 13 rings (SSSR count). The van der Waals surface area contributed by atoms with Crippen molar-refractivity contribution >= 4 is 67.3 Å². The van der Waals surface area contributed by atoms with Crippen molar-refractivity contribution in [2.45, 2.75) is 0 Å². The van der Waals surface area contributed by atoms with E-state index in [1.165, 1.54) is 0 Å². The lowest BCUT2D eigenvalue weighted by atomic mass is 9.94. The number of fused-ring (bicyclic) bond motifs is 3. The highest BCUT2D eigenvalue weighted by Crippen LogP contribution is 2.44. The Kier molecular flexibility index (Phi) is 12.9. The molecule has 0 aliphatic carbocycles. The zero-order chi connectivity index (χ0) is 54.7. The summed E-state index contributed by atoms with van der Waals surface area (Å²) < 4.78 is 2.32. The third kappa shape index (κ3) is 9.57. The molecule has 0 spiro atoms. The van der Waals surface area contributed by atoms with Crippen LogP contribution in [0.4, 0.5) is 45.5 Å². The Morgan fingerprint density at radius 1 is 0.358 bits per heavy atom. The zero-order valence-electron chi connectivity index (χ0n) is 43.6. The van der Waals surface area contributed by atoms with Crippen LogP contribution in [-0.2, 0) is 0 Å². The van der Waals surface area contributed by atoms with E-state index >= 15 is 0 Å². The van der Waals surface area contributed by atoms with E-state index in [2.05, 4.69) is 158 Å². The van der Waals surface area contributed by atoms with Gasteiger partial charge in [0.15, 0.2) is 17.2 Å². The van der Waals surface area contributed by atoms with Gasteiger partial charge < -0.3 is 14.4 Å². The molecule has 0 amide bonds. The van der Waals surface area contributed by atoms with E-state index in [4.69, 9.17) is 23.1 Å². The minimum Gasteiger partial charge on any atom is -0.311 e. The Hall–Kier alpha value is -11.6. The molecule has 378 valence electrons. The van der Waals surface area contributed by atoms with E-state index in [0.717, 1.165) is 112 Å². The first-order valence-corrected chi connectivity index (χ1v) is 26.5. The van der Waals surface area contributed by atoms with Crippen LogP contribution in [0.2, 0.25) is 0 Å². The number of rotatable bonds is 12. The van der Waals surface area contributed by atoms with Crippen molar-refractivity contribution in [3.05, 3.63) is 307 Å². The number of benzene rings is 11. The summed E-state index contributed by atoms with van der Waals surface area (Å²) in [7, 11) is 0. The highest BCUT2D eigenvalue weighted by Gasteiger charge is 2.21. The molecule has 8 heteroatoms. The van der Waals surface area contributed by atoms with Gasteiger partial charge in [-0.2, -0.15) is 5.26 Å². The number of hydrogen-bond donors (Lipinski definition) is 0. The maximum Gasteiger partial charge on any atom is 0.187 e. The minimum atomic E-state index is 0.580. The predicted octanol–water partition coefficient (Wildman–Crippen LogP) is 19.8. The summed E-state index contributed by atoms with van der Waals surface area (Å²) in [5.41, 5.74) is 18.8. The molecule has 0 atom stereocenters. The van der Waals surface area contributed by atoms with Gasteiger partial charge in [-0.15, -0.1) is 0 Å². The summed E-state index contributed by atoms with van der Waals surface area (Å²) in [6.45, 7) is 15.2. The fraction of sp³-hybridized carbons (Fsp3) is 0. The number of aromatic nitrogens is 3. The van der Waals surface area contributed by atoms with E-state index in [-0.39, 0.29) is 0 Å². The molecule has 0 bridgehead atoms. The second-order valence-electron chi connectivity index (χ2n) is 19.5. The molecular formula is C73H46N8. The number of nitrogens with zero attached hydrogens (tertiary/aromatic N) is 8. The monoisotopic (exact) mass is 1030 g/mol. The van der Waals surface area contributed by atoms with Crippen LogP contribution in [0.25, 0.3) is 93.3 Å². The Morgan fingerprint density at radius 2 is 0.765 bits per heavy atom. The van der Waals surface area contributed by atoms with E-state index in [9.17, 15) is 5.26 Å². The van der Waals surface area contributed by atoms with Crippen molar-refractivity contribution in [3.8, 4) is 67.9 Å². The van der Waals surface area contributed by atoms with Gasteiger partial charge in [0.25, 0.3) is 0 Å². The van der Waals surface area contributed by atoms with Crippen molar-refractivity contribution in [1.29, 1.82) is 5.26 Å². The average molecular weight is 1040 g/mol. The summed E-state index contributed by atoms with van der Waals surface area (Å²) in [6.07, 6.45) is 0. The van der Waals surface area contributed by atoms with Crippen LogP contribution in [0.1, 0.15) is 5.56 Å². The first kappa shape index (κ1) is 49.0. The number of para-hydroxylation sites is 2. The first-order valence-electron chi connectivity index (χ1n) is 26.5. The van der Waals surface area contributed by atoms with E-state index in [0.29, 0.717) is 22.8 Å². The lowest BCUT2D eigenvalue weighted by molar-refractivity contribution is 1.18. The highest BCUT2D eigenvalue weighted by molar-refractivity contribution is 6.12. The smallest absolute Gasteiger partial charge is 0.187 e. The van der Waals surface area contributed by atoms with Crippen molar-refractivity contribution < 1.29 is 0 Å². The van der Waals surface area contributed by atoms with Crippen LogP contribution in [0.3, 0.4) is 0 Å². The largest absolute Gasteiger partial charge is 0.311 e. The average Bonchev–Trinajstić information content (AvgIpc) is 3.87. The molecule has 2 heterocycles. The predicted molar refractivity (Wildman–Crippen MR) is 330 cm³/mol. The molecule has 0 fully saturated rings. The quantitative estimate of drug-likeness (QED) is 0.114. The summed E-state index contributed by atoms with van der Waals surface area (Å²) in [5.74, 6) is 0.658. The molecule has 8 nitrogen and oxygen atoms in total. The summed E-state index contributed by atoms with van der Waals surface area (Å²) in [4.78, 5) is 21.8. The van der Waals surface area contributed by atoms with Crippen LogP contribution in [0.15, 0.2) is 279 Å². The Labute approximate surface area is 469 Å². The van der Waals surface area contributed by atoms with Gasteiger partial charge in [-0.05, 0) is 131 Å². The van der Waals surface area contributed by atoms with Crippen LogP contribution >= 0.6 is 0 Å². The molecule has 13 aromatic rings. The third-order valence-electron chi connectivity index (χ3n) is 14.7. The molecule has 0 aliphatic heterocycles. The normalized spacial score (nSPS) is 10.9. The van der Waals surface area contributed by atoms with Crippen LogP contribution in [-0.4, -0.2) is 14.5 Å². The van der Waals surface area contributed by atoms with Gasteiger partial charge >= 0.3 is 0 Å². The molecule has 0 saturated carbocycles. The topological polar surface area (TPSA) is 69.7 Å². The van der Waals surface area contributed by atoms with Gasteiger partial charge in [0, 0.05) is 67.3 Å². The van der Waals surface area contributed by atoms with Crippen LogP contribution < -0.4 is 9.80 Å². The minimum absolute atomic E-state index is 0.580. The molecule has 11 aromatic carbocycles. The summed E-state index contributed by atoms with van der Waals surface area (Å²) >= 11 is 0. The lowest BCUT2D eigenvalue weighted by Gasteiger charge is -2.26. The van der Waals surface area contributed by atoms with Gasteiger partial charge in [-0.25, -0.2) is 19.7 Å². The van der Waals surface area contributed by atoms with E-state index in [1.54, 1.807) is 0 Å². The van der Waals surface area contributed by atoms with Crippen molar-refractivity contribution in [3.63, 3.8) is 0 Å². The van der Waals surface area contributed by atoms with Crippen molar-refractivity contribution in [2.24, 2.45) is 0 Å². The number of anilines is 6. The Morgan fingerprint density at radius 3 is 1.25 bits per heavy atom. The molecule has 0 saturated heterocycles. The van der Waals surface area contributed by atoms with Crippen LogP contribution in [0.5, 0.6) is 0 Å². The van der Waals surface area contributed by atoms with Gasteiger partial charge in [0.1, 0.15) is 0 Å². The fourth-order valence-electron chi connectivity index (χ4n) is 10.7. The van der Waals surface area contributed by atoms with Crippen LogP contribution in [0, 0.1) is 24.5 Å². The SMILES string of the molecule is [C-]#[N+]c1ccc(N(c2ccccc2)c2ccc3c(c2)c2cc(N(c4ccccc4)c4ccc([N+]#[C-])cc4)ccc2n3-c2ccc(-c3ccc(-c4ccc(-c5cc(-c6ccccc6)nc(-c6ccccc6)n5)cc4)c(C#N)c3)cc2)cc1. The molecule has 0 radical (unpaired) electrons. The molecular weight excluding hydrogens is 989 g/mol. The maximum atomic E-state index is 10.6. The zero-order valence-corrected chi connectivity index (χ0v) is 43.6. The maximum absolute atomic E-state index is 10.6. The number of nitriles is 1. The van der Waals surface area contributed by atoms with Gasteiger partial charge in [-0.1, -0.05) is 170 Å². The van der Waals surface area contributed by atoms with E-state index < -0.39 is 0 Å². The second kappa shape index (κ2) is 21.4. The van der Waals surface area contributed by atoms with Crippen molar-refractivity contribution in [1.82, 2.24) is 14.5 Å². The summed E-state index contributed by atoms with van der Waals surface area (Å²) in [5, 5.41) is 12.7. The van der Waals surface area contributed by atoms with Crippen molar-refractivity contribution in [2.75, 3.05) is 9.80 Å². The van der Waals surface area contributed by atoms with Gasteiger partial charge in [0.05, 0.1) is 47.2 Å². The third-order valence-corrected chi connectivity index (χ3v) is 14.7. The molecule has 0 N–H and O–H groups in total. The Balaban J connectivity index is 0.875. The molecule has 2 aromatic heterocycles. The van der Waals surface area contributed by atoms with E-state index in [1.807, 2.05) is 152 Å². The van der Waals surface area contributed by atoms with Gasteiger partial charge in [0.2, 0.25) is 0 Å². The molecule has 0 aliphatic rings. The fourth-order valence-corrected chi connectivity index (χ4v) is 10.7. The summed E-state index contributed by atoms with van der Waals surface area (Å²) in [6, 6.07) is 96.9.